The average molecular weight is 637 g/mol. The summed E-state index contributed by atoms with van der Waals surface area (Å²) >= 11 is 0. The number of carbonyl (C=O) groups is 7. The molecule has 248 valence electrons. The third-order valence-corrected chi connectivity index (χ3v) is 5.90. The maximum absolute atomic E-state index is 12.1. The van der Waals surface area contributed by atoms with Gasteiger partial charge in [0.2, 0.25) is 0 Å². The van der Waals surface area contributed by atoms with Gasteiger partial charge < -0.3 is 52.5 Å². The molecule has 1 N–H and O–H groups in total. The minimum absolute atomic E-state index is 0.534. The lowest BCUT2D eigenvalue weighted by Crippen LogP contribution is -2.67. The van der Waals surface area contributed by atoms with E-state index in [2.05, 4.69) is 0 Å². The first-order valence-electron chi connectivity index (χ1n) is 13.3. The van der Waals surface area contributed by atoms with Crippen molar-refractivity contribution in [1.29, 1.82) is 0 Å². The number of aliphatic hydroxyl groups is 1. The van der Waals surface area contributed by atoms with E-state index in [1.807, 2.05) is 0 Å². The molecular weight excluding hydrogens is 600 g/mol. The average Bonchev–Trinajstić information content (AvgIpc) is 2.87. The molecule has 6 unspecified atom stereocenters. The molecule has 2 fully saturated rings. The van der Waals surface area contributed by atoms with Crippen molar-refractivity contribution in [2.45, 2.75) is 110 Å². The van der Waals surface area contributed by atoms with E-state index in [1.54, 1.807) is 0 Å². The molecule has 0 spiro atoms. The smallest absolute Gasteiger partial charge is 0.303 e. The van der Waals surface area contributed by atoms with Gasteiger partial charge in [0.15, 0.2) is 49.2 Å². The Hall–Kier alpha value is -3.87. The van der Waals surface area contributed by atoms with Crippen LogP contribution in [0, 0.1) is 0 Å². The molecule has 0 radical (unpaired) electrons. The fraction of sp³-hybridized carbons (Fsp3) is 0.731. The Morgan fingerprint density at radius 1 is 0.477 bits per heavy atom. The molecule has 2 saturated heterocycles. The summed E-state index contributed by atoms with van der Waals surface area (Å²) in [5.41, 5.74) is 0. The van der Waals surface area contributed by atoms with E-state index < -0.39 is 116 Å². The predicted octanol–water partition coefficient (Wildman–Crippen LogP) is -1.40. The van der Waals surface area contributed by atoms with Crippen LogP contribution in [0.3, 0.4) is 0 Å². The lowest BCUT2D eigenvalue weighted by molar-refractivity contribution is -0.363. The van der Waals surface area contributed by atoms with Crippen molar-refractivity contribution in [3.63, 3.8) is 0 Å². The molecule has 18 heteroatoms. The van der Waals surface area contributed by atoms with Crippen LogP contribution in [0.15, 0.2) is 0 Å². The Bertz CT molecular complexity index is 1090. The van der Waals surface area contributed by atoms with Crippen LogP contribution in [0.1, 0.15) is 48.5 Å². The van der Waals surface area contributed by atoms with Crippen molar-refractivity contribution in [3.8, 4) is 0 Å². The van der Waals surface area contributed by atoms with Crippen LogP contribution in [0.2, 0.25) is 0 Å². The summed E-state index contributed by atoms with van der Waals surface area (Å²) in [6.07, 6.45) is -16.3. The Kier molecular flexibility index (Phi) is 13.4. The normalized spacial score (nSPS) is 31.5. The topological polar surface area (TPSA) is 232 Å². The molecule has 44 heavy (non-hydrogen) atoms. The quantitative estimate of drug-likeness (QED) is 0.203. The second-order valence-corrected chi connectivity index (χ2v) is 9.68. The van der Waals surface area contributed by atoms with E-state index in [-0.39, 0.29) is 0 Å². The Morgan fingerprint density at radius 2 is 0.818 bits per heavy atom. The molecule has 2 rings (SSSR count). The highest BCUT2D eigenvalue weighted by atomic mass is 16.8. The van der Waals surface area contributed by atoms with Crippen LogP contribution in [0.4, 0.5) is 0 Å². The van der Waals surface area contributed by atoms with E-state index in [9.17, 15) is 38.7 Å². The number of ether oxygens (including phenoxy) is 10. The van der Waals surface area contributed by atoms with Gasteiger partial charge >= 0.3 is 41.8 Å². The van der Waals surface area contributed by atoms with Crippen molar-refractivity contribution < 1.29 is 86.0 Å². The number of esters is 7. The molecule has 0 aliphatic carbocycles. The summed E-state index contributed by atoms with van der Waals surface area (Å²) < 4.78 is 53.9. The van der Waals surface area contributed by atoms with Crippen molar-refractivity contribution >= 4 is 41.8 Å². The van der Waals surface area contributed by atoms with Crippen molar-refractivity contribution in [2.24, 2.45) is 0 Å². The fourth-order valence-electron chi connectivity index (χ4n) is 4.49. The summed E-state index contributed by atoms with van der Waals surface area (Å²) in [6.45, 7) is 6.19. The maximum atomic E-state index is 12.1. The summed E-state index contributed by atoms with van der Waals surface area (Å²) in [5.74, 6) is -5.97. The van der Waals surface area contributed by atoms with Gasteiger partial charge in [-0.15, -0.1) is 0 Å². The third-order valence-electron chi connectivity index (χ3n) is 5.90. The van der Waals surface area contributed by atoms with Crippen molar-refractivity contribution in [2.75, 3.05) is 13.2 Å². The Morgan fingerprint density at radius 3 is 1.20 bits per heavy atom. The first-order valence-corrected chi connectivity index (χ1v) is 13.3. The lowest BCUT2D eigenvalue weighted by Gasteiger charge is -2.47. The zero-order chi connectivity index (χ0) is 33.3. The van der Waals surface area contributed by atoms with Gasteiger partial charge in [0, 0.05) is 48.5 Å². The van der Waals surface area contributed by atoms with E-state index in [0.29, 0.717) is 0 Å². The molecule has 18 nitrogen and oxygen atoms in total. The zero-order valence-electron chi connectivity index (χ0n) is 25.1. The van der Waals surface area contributed by atoms with Crippen LogP contribution in [0.5, 0.6) is 0 Å². The molecular formula is C26H36O18. The van der Waals surface area contributed by atoms with Crippen molar-refractivity contribution in [3.05, 3.63) is 0 Å². The minimum Gasteiger partial charge on any atom is -0.463 e. The molecule has 0 amide bonds. The molecule has 2 aliphatic rings. The van der Waals surface area contributed by atoms with Crippen LogP contribution in [-0.2, 0) is 80.9 Å². The third kappa shape index (κ3) is 10.7. The van der Waals surface area contributed by atoms with Crippen LogP contribution >= 0.6 is 0 Å². The van der Waals surface area contributed by atoms with E-state index in [4.69, 9.17) is 47.4 Å². The van der Waals surface area contributed by atoms with Gasteiger partial charge in [-0.2, -0.15) is 0 Å². The van der Waals surface area contributed by atoms with E-state index in [1.165, 1.54) is 0 Å². The summed E-state index contributed by atoms with van der Waals surface area (Å²) in [5, 5.41) is 11.0. The highest BCUT2D eigenvalue weighted by molar-refractivity contribution is 5.69. The summed E-state index contributed by atoms with van der Waals surface area (Å²) in [4.78, 5) is 83.3. The van der Waals surface area contributed by atoms with E-state index in [0.717, 1.165) is 48.5 Å². The molecule has 0 saturated carbocycles. The largest absolute Gasteiger partial charge is 0.463 e. The number of aliphatic hydroxyl groups excluding tert-OH is 1. The first kappa shape index (κ1) is 36.3. The summed E-state index contributed by atoms with van der Waals surface area (Å²) in [7, 11) is 0. The second-order valence-electron chi connectivity index (χ2n) is 9.68. The minimum atomic E-state index is -1.99. The molecule has 2 aliphatic heterocycles. The number of rotatable bonds is 11. The second kappa shape index (κ2) is 16.3. The number of carbonyl (C=O) groups excluding carboxylic acids is 7. The van der Waals surface area contributed by atoms with Crippen molar-refractivity contribution in [1.82, 2.24) is 0 Å². The zero-order valence-corrected chi connectivity index (χ0v) is 25.1. The SMILES string of the molecule is CC(=O)OCC1O[C@@H](OC2C(OC(C)=O)[C@@H](OC(C)=O)C(COC(C)=O)O[C@@H]2O)C(OC(C)=O)C(OC(C)=O)[C@H]1OC(C)=O. The van der Waals surface area contributed by atoms with Crippen LogP contribution < -0.4 is 0 Å². The van der Waals surface area contributed by atoms with Gasteiger partial charge in [0.25, 0.3) is 0 Å². The molecule has 2 heterocycles. The first-order chi connectivity index (χ1) is 20.5. The Balaban J connectivity index is 2.59. The highest BCUT2D eigenvalue weighted by Gasteiger charge is 2.57. The Labute approximate surface area is 251 Å². The predicted molar refractivity (Wildman–Crippen MR) is 135 cm³/mol. The highest BCUT2D eigenvalue weighted by Crippen LogP contribution is 2.34. The van der Waals surface area contributed by atoms with Gasteiger partial charge in [0.05, 0.1) is 0 Å². The number of hydrogen-bond acceptors (Lipinski definition) is 18. The van der Waals surface area contributed by atoms with Gasteiger partial charge in [0.1, 0.15) is 25.4 Å². The molecule has 10 atom stereocenters. The fourth-order valence-corrected chi connectivity index (χ4v) is 4.49. The van der Waals surface area contributed by atoms with Gasteiger partial charge in [-0.05, 0) is 0 Å². The van der Waals surface area contributed by atoms with Gasteiger partial charge in [-0.25, -0.2) is 0 Å². The number of hydrogen-bond donors (Lipinski definition) is 1. The molecule has 0 aromatic heterocycles. The molecule has 0 aromatic rings. The lowest BCUT2D eigenvalue weighted by atomic mass is 9.96. The van der Waals surface area contributed by atoms with Gasteiger partial charge in [-0.3, -0.25) is 33.6 Å². The standard InChI is InChI=1S/C26H36O18/c1-10(27)35-8-17-19(37-12(3)29)21(39-14(5)31)23(25(34)42-17)44-26-24(41-16(7)33)22(40-15(6)32)20(38-13(4)30)18(43-26)9-36-11(2)28/h17-26,34H,8-9H2,1-7H3/t17?,18?,19-,20-,21?,22?,23?,24?,25-,26-/m0/s1. The van der Waals surface area contributed by atoms with E-state index >= 15 is 0 Å². The molecule has 0 aromatic carbocycles. The van der Waals surface area contributed by atoms with Crippen LogP contribution in [0.25, 0.3) is 0 Å². The van der Waals surface area contributed by atoms with Gasteiger partial charge in [-0.1, -0.05) is 0 Å². The van der Waals surface area contributed by atoms with Crippen LogP contribution in [-0.4, -0.2) is 122 Å². The summed E-state index contributed by atoms with van der Waals surface area (Å²) in [6, 6.07) is 0. The maximum Gasteiger partial charge on any atom is 0.303 e. The molecule has 0 bridgehead atoms. The monoisotopic (exact) mass is 636 g/mol.